The van der Waals surface area contributed by atoms with Gasteiger partial charge in [-0.25, -0.2) is 4.79 Å². The second-order valence-electron chi connectivity index (χ2n) is 6.26. The van der Waals surface area contributed by atoms with Crippen molar-refractivity contribution in [2.24, 2.45) is 0 Å². The number of nitrogen functional groups attached to an aromatic ring is 1. The van der Waals surface area contributed by atoms with E-state index in [2.05, 4.69) is 25.2 Å². The smallest absolute Gasteiger partial charge is 0.409 e. The first kappa shape index (κ1) is 18.8. The molecule has 0 aliphatic carbocycles. The van der Waals surface area contributed by atoms with Crippen LogP contribution in [0.15, 0.2) is 30.3 Å². The Balaban J connectivity index is 1.66. The van der Waals surface area contributed by atoms with Crippen LogP contribution in [-0.2, 0) is 4.74 Å². The van der Waals surface area contributed by atoms with E-state index in [9.17, 15) is 4.79 Å². The molecule has 1 aliphatic heterocycles. The van der Waals surface area contributed by atoms with Gasteiger partial charge in [-0.2, -0.15) is 15.0 Å². The first-order chi connectivity index (χ1) is 13.1. The highest BCUT2D eigenvalue weighted by molar-refractivity contribution is 5.67. The third-order valence-electron chi connectivity index (χ3n) is 4.46. The normalized spacial score (nSPS) is 16.0. The molecule has 1 aromatic carbocycles. The Hall–Kier alpha value is -2.94. The molecule has 3 N–H and O–H groups in total. The van der Waals surface area contributed by atoms with Gasteiger partial charge in [-0.15, -0.1) is 0 Å². The number of hydrogen-bond acceptors (Lipinski definition) is 8. The van der Waals surface area contributed by atoms with Gasteiger partial charge >= 0.3 is 6.09 Å². The maximum atomic E-state index is 11.8. The van der Waals surface area contributed by atoms with Crippen LogP contribution >= 0.6 is 0 Å². The number of aromatic nitrogens is 3. The van der Waals surface area contributed by atoms with Crippen molar-refractivity contribution in [3.63, 3.8) is 0 Å². The zero-order valence-electron chi connectivity index (χ0n) is 15.6. The minimum atomic E-state index is -0.261. The second kappa shape index (κ2) is 8.63. The van der Waals surface area contributed by atoms with Crippen molar-refractivity contribution < 1.29 is 9.53 Å². The van der Waals surface area contributed by atoms with Gasteiger partial charge in [0.15, 0.2) is 5.82 Å². The van der Waals surface area contributed by atoms with Crippen LogP contribution in [0.5, 0.6) is 0 Å². The molecule has 0 bridgehead atoms. The van der Waals surface area contributed by atoms with E-state index in [0.29, 0.717) is 44.6 Å². The predicted molar refractivity (Wildman–Crippen MR) is 103 cm³/mol. The fourth-order valence-corrected chi connectivity index (χ4v) is 2.97. The Bertz CT molecular complexity index is 764. The van der Waals surface area contributed by atoms with Crippen LogP contribution in [0, 0.1) is 0 Å². The van der Waals surface area contributed by atoms with Crippen molar-refractivity contribution in [1.82, 2.24) is 24.8 Å². The summed E-state index contributed by atoms with van der Waals surface area (Å²) in [5.74, 6) is 1.20. The lowest BCUT2D eigenvalue weighted by molar-refractivity contribution is 0.0673. The molecule has 0 radical (unpaired) electrons. The van der Waals surface area contributed by atoms with Gasteiger partial charge in [-0.3, -0.25) is 4.90 Å². The Morgan fingerprint density at radius 1 is 1.19 bits per heavy atom. The molecule has 144 valence electrons. The number of nitrogens with one attached hydrogen (secondary N) is 1. The first-order valence-electron chi connectivity index (χ1n) is 9.06. The van der Waals surface area contributed by atoms with Gasteiger partial charge in [0.1, 0.15) is 0 Å². The Labute approximate surface area is 158 Å². The van der Waals surface area contributed by atoms with Gasteiger partial charge in [0, 0.05) is 31.9 Å². The summed E-state index contributed by atoms with van der Waals surface area (Å²) in [5.41, 5.74) is 6.76. The zero-order chi connectivity index (χ0) is 19.2. The van der Waals surface area contributed by atoms with Crippen molar-refractivity contribution in [3.05, 3.63) is 36.2 Å². The number of hydrogen-bond donors (Lipinski definition) is 2. The van der Waals surface area contributed by atoms with Gasteiger partial charge < -0.3 is 20.7 Å². The number of carbonyl (C=O) groups excluding carboxylic acids is 1. The number of amides is 1. The fraction of sp³-hybridized carbons (Fsp3) is 0.444. The number of nitrogens with two attached hydrogens (primary N) is 1. The van der Waals surface area contributed by atoms with Crippen molar-refractivity contribution in [2.75, 3.05) is 43.8 Å². The molecule has 1 saturated heterocycles. The summed E-state index contributed by atoms with van der Waals surface area (Å²) in [4.78, 5) is 28.8. The highest BCUT2D eigenvalue weighted by Crippen LogP contribution is 2.21. The van der Waals surface area contributed by atoms with Crippen molar-refractivity contribution in [1.29, 1.82) is 0 Å². The summed E-state index contributed by atoms with van der Waals surface area (Å²) in [7, 11) is 0. The number of anilines is 3. The maximum absolute atomic E-state index is 11.8. The monoisotopic (exact) mass is 371 g/mol. The largest absolute Gasteiger partial charge is 0.450 e. The highest BCUT2D eigenvalue weighted by Gasteiger charge is 2.27. The molecule has 9 nitrogen and oxygen atoms in total. The van der Waals surface area contributed by atoms with Crippen molar-refractivity contribution in [2.45, 2.75) is 19.9 Å². The van der Waals surface area contributed by atoms with Crippen LogP contribution in [-0.4, -0.2) is 63.6 Å². The van der Waals surface area contributed by atoms with Gasteiger partial charge in [0.25, 0.3) is 0 Å². The molecule has 1 amide bonds. The highest BCUT2D eigenvalue weighted by atomic mass is 16.6. The fourth-order valence-electron chi connectivity index (χ4n) is 2.97. The number of nitrogens with zero attached hydrogens (tertiary/aromatic N) is 5. The minimum Gasteiger partial charge on any atom is -0.450 e. The molecule has 9 heteroatoms. The van der Waals surface area contributed by atoms with Crippen molar-refractivity contribution in [3.8, 4) is 0 Å². The van der Waals surface area contributed by atoms with E-state index < -0.39 is 0 Å². The summed E-state index contributed by atoms with van der Waals surface area (Å²) < 4.78 is 5.06. The number of piperazine rings is 1. The summed E-state index contributed by atoms with van der Waals surface area (Å²) >= 11 is 0. The molecule has 1 fully saturated rings. The molecular formula is C18H25N7O2. The van der Waals surface area contributed by atoms with E-state index >= 15 is 0 Å². The van der Waals surface area contributed by atoms with Crippen LogP contribution in [0.3, 0.4) is 0 Å². The Morgan fingerprint density at radius 2 is 1.89 bits per heavy atom. The summed E-state index contributed by atoms with van der Waals surface area (Å²) in [6.45, 7) is 6.87. The third-order valence-corrected chi connectivity index (χ3v) is 4.46. The van der Waals surface area contributed by atoms with Crippen LogP contribution in [0.25, 0.3) is 0 Å². The van der Waals surface area contributed by atoms with Gasteiger partial charge in [-0.05, 0) is 26.0 Å². The van der Waals surface area contributed by atoms with E-state index in [-0.39, 0.29) is 18.1 Å². The molecule has 3 rings (SSSR count). The van der Waals surface area contributed by atoms with E-state index in [1.807, 2.05) is 44.2 Å². The SMILES string of the molecule is CCOC(=O)N1CCN(C(C)c2nc(N)nc(Nc3ccccc3)n2)CC1. The van der Waals surface area contributed by atoms with E-state index in [1.165, 1.54) is 0 Å². The quantitative estimate of drug-likeness (QED) is 0.822. The summed E-state index contributed by atoms with van der Waals surface area (Å²) in [6, 6.07) is 9.61. The van der Waals surface area contributed by atoms with Gasteiger partial charge in [-0.1, -0.05) is 18.2 Å². The van der Waals surface area contributed by atoms with Crippen LogP contribution in [0.1, 0.15) is 25.7 Å². The van der Waals surface area contributed by atoms with Crippen LogP contribution in [0.2, 0.25) is 0 Å². The predicted octanol–water partition coefficient (Wildman–Crippen LogP) is 2.03. The molecule has 0 spiro atoms. The molecule has 1 atom stereocenters. The van der Waals surface area contributed by atoms with E-state index in [4.69, 9.17) is 10.5 Å². The number of carbonyl (C=O) groups is 1. The molecule has 1 unspecified atom stereocenters. The topological polar surface area (TPSA) is 110 Å². The summed E-state index contributed by atoms with van der Waals surface area (Å²) in [5, 5.41) is 3.15. The number of para-hydroxylation sites is 1. The Morgan fingerprint density at radius 3 is 2.56 bits per heavy atom. The second-order valence-corrected chi connectivity index (χ2v) is 6.26. The molecule has 1 aliphatic rings. The van der Waals surface area contributed by atoms with Gasteiger partial charge in [0.2, 0.25) is 11.9 Å². The van der Waals surface area contributed by atoms with Gasteiger partial charge in [0.05, 0.1) is 12.6 Å². The average Bonchev–Trinajstić information content (AvgIpc) is 2.68. The van der Waals surface area contributed by atoms with Crippen LogP contribution in [0.4, 0.5) is 22.4 Å². The minimum absolute atomic E-state index is 0.0454. The summed E-state index contributed by atoms with van der Waals surface area (Å²) in [6.07, 6.45) is -0.261. The molecule has 1 aromatic heterocycles. The maximum Gasteiger partial charge on any atom is 0.409 e. The lowest BCUT2D eigenvalue weighted by Gasteiger charge is -2.36. The number of rotatable bonds is 5. The zero-order valence-corrected chi connectivity index (χ0v) is 15.6. The first-order valence-corrected chi connectivity index (χ1v) is 9.06. The number of ether oxygens (including phenoxy) is 1. The molecule has 2 heterocycles. The lowest BCUT2D eigenvalue weighted by Crippen LogP contribution is -2.49. The van der Waals surface area contributed by atoms with Crippen molar-refractivity contribution >= 4 is 23.7 Å². The standard InChI is InChI=1S/C18H25N7O2/c1-3-27-18(26)25-11-9-24(10-12-25)13(2)15-21-16(19)23-17(22-15)20-14-7-5-4-6-8-14/h4-8,13H,3,9-12H2,1-2H3,(H3,19,20,21,22,23). The van der Waals surface area contributed by atoms with E-state index in [0.717, 1.165) is 5.69 Å². The lowest BCUT2D eigenvalue weighted by atomic mass is 10.2. The van der Waals surface area contributed by atoms with E-state index in [1.54, 1.807) is 4.90 Å². The molecule has 2 aromatic rings. The van der Waals surface area contributed by atoms with Crippen LogP contribution < -0.4 is 11.1 Å². The Kier molecular flexibility index (Phi) is 6.02. The molecule has 0 saturated carbocycles. The number of benzene rings is 1. The molecule has 27 heavy (non-hydrogen) atoms. The average molecular weight is 371 g/mol. The third kappa shape index (κ3) is 4.82. The molecular weight excluding hydrogens is 346 g/mol.